The zero-order chi connectivity index (χ0) is 30.5. The molecule has 3 heterocycles. The minimum atomic E-state index is -0.0684. The molecule has 3 aromatic carbocycles. The number of aliphatic imine (C=N–C) groups is 1. The molecule has 6 rings (SSSR count). The molecule has 3 aromatic rings. The Hall–Kier alpha value is -3.91. The maximum Gasteiger partial charge on any atom is 0.269 e. The fraction of sp³-hybridized carbons (Fsp3) is 0.324. The van der Waals surface area contributed by atoms with Gasteiger partial charge in [0, 0.05) is 37.3 Å². The van der Waals surface area contributed by atoms with Gasteiger partial charge in [0.15, 0.2) is 5.17 Å². The number of anilines is 3. The molecule has 226 valence electrons. The molecule has 0 saturated carbocycles. The van der Waals surface area contributed by atoms with Gasteiger partial charge in [-0.15, -0.1) is 0 Å². The van der Waals surface area contributed by atoms with Crippen LogP contribution in [0.4, 0.5) is 22.7 Å². The summed E-state index contributed by atoms with van der Waals surface area (Å²) in [5.74, 6) is -0.0684. The standard InChI is InChI=1S/C34H37N7OS2/c1-3-36-27-14-12-25(22-35)20-28(27)38-34-41(23-24-10-6-4-7-11-24)32(42)31(44-34)33-39(2)29-15-13-26(21-30(29)43-33)37-16-19-40-17-8-5-9-18-40/h4,6-7,10-15,20-21,36-37H,3,5,8-9,16-19,23H2,1-2H3/b33-31-,38-34?. The summed E-state index contributed by atoms with van der Waals surface area (Å²) in [5, 5.41) is 18.0. The van der Waals surface area contributed by atoms with E-state index in [1.807, 2.05) is 50.4 Å². The maximum atomic E-state index is 14.1. The van der Waals surface area contributed by atoms with Gasteiger partial charge in [0.05, 0.1) is 40.3 Å². The number of amidine groups is 1. The normalized spacial score (nSPS) is 19.4. The largest absolute Gasteiger partial charge is 0.384 e. The van der Waals surface area contributed by atoms with Gasteiger partial charge in [-0.1, -0.05) is 48.5 Å². The van der Waals surface area contributed by atoms with Gasteiger partial charge in [0.25, 0.3) is 5.91 Å². The van der Waals surface area contributed by atoms with Gasteiger partial charge >= 0.3 is 0 Å². The minimum absolute atomic E-state index is 0.0684. The Morgan fingerprint density at radius 2 is 1.80 bits per heavy atom. The predicted molar refractivity (Wildman–Crippen MR) is 184 cm³/mol. The van der Waals surface area contributed by atoms with Crippen molar-refractivity contribution in [2.24, 2.45) is 4.99 Å². The van der Waals surface area contributed by atoms with E-state index in [0.717, 1.165) is 45.6 Å². The molecule has 2 N–H and O–H groups in total. The first-order chi connectivity index (χ1) is 21.5. The van der Waals surface area contributed by atoms with Gasteiger partial charge in [-0.25, -0.2) is 4.99 Å². The summed E-state index contributed by atoms with van der Waals surface area (Å²) in [7, 11) is 2.02. The number of piperidine rings is 1. The quantitative estimate of drug-likeness (QED) is 0.245. The fourth-order valence-corrected chi connectivity index (χ4v) is 8.04. The van der Waals surface area contributed by atoms with Crippen LogP contribution in [-0.4, -0.2) is 60.6 Å². The predicted octanol–water partition coefficient (Wildman–Crippen LogP) is 7.06. The second-order valence-electron chi connectivity index (χ2n) is 11.1. The number of hydrogen-bond acceptors (Lipinski definition) is 9. The van der Waals surface area contributed by atoms with Crippen molar-refractivity contribution >= 4 is 57.3 Å². The Labute approximate surface area is 268 Å². The third-order valence-corrected chi connectivity index (χ3v) is 10.4. The van der Waals surface area contributed by atoms with E-state index in [2.05, 4.69) is 44.7 Å². The molecule has 3 aliphatic rings. The van der Waals surface area contributed by atoms with Gasteiger partial charge in [-0.2, -0.15) is 5.26 Å². The van der Waals surface area contributed by atoms with Crippen molar-refractivity contribution in [1.29, 1.82) is 5.26 Å². The SMILES string of the molecule is CCNc1ccc(C#N)cc1N=C1S/C(=C2\Sc3cc(NCCN4CCCCC4)ccc3N2C)C(=O)N1Cc1ccccc1. The summed E-state index contributed by atoms with van der Waals surface area (Å²) in [6, 6.07) is 24.1. The van der Waals surface area contributed by atoms with Crippen LogP contribution in [-0.2, 0) is 11.3 Å². The molecule has 0 atom stereocenters. The van der Waals surface area contributed by atoms with Crippen molar-refractivity contribution in [1.82, 2.24) is 9.80 Å². The highest BCUT2D eigenvalue weighted by Crippen LogP contribution is 2.51. The van der Waals surface area contributed by atoms with Gasteiger partial charge < -0.3 is 20.4 Å². The van der Waals surface area contributed by atoms with E-state index in [9.17, 15) is 10.1 Å². The number of nitrogens with one attached hydrogen (secondary N) is 2. The van der Waals surface area contributed by atoms with E-state index >= 15 is 0 Å². The topological polar surface area (TPSA) is 87.0 Å². The van der Waals surface area contributed by atoms with Gasteiger partial charge in [-0.05, 0) is 86.6 Å². The average Bonchev–Trinajstić information content (AvgIpc) is 3.53. The van der Waals surface area contributed by atoms with E-state index in [1.165, 1.54) is 44.1 Å². The number of likely N-dealkylation sites (tertiary alicyclic amines) is 1. The van der Waals surface area contributed by atoms with E-state index in [1.54, 1.807) is 28.8 Å². The van der Waals surface area contributed by atoms with E-state index < -0.39 is 0 Å². The zero-order valence-electron chi connectivity index (χ0n) is 25.2. The molecule has 44 heavy (non-hydrogen) atoms. The Morgan fingerprint density at radius 1 is 0.977 bits per heavy atom. The third kappa shape index (κ3) is 6.60. The highest BCUT2D eigenvalue weighted by atomic mass is 32.2. The number of carbonyl (C=O) groups is 1. The summed E-state index contributed by atoms with van der Waals surface area (Å²) in [4.78, 5) is 27.3. The van der Waals surface area contributed by atoms with Crippen molar-refractivity contribution in [2.45, 2.75) is 37.6 Å². The number of hydrogen-bond donors (Lipinski definition) is 2. The van der Waals surface area contributed by atoms with Crippen LogP contribution in [0, 0.1) is 11.3 Å². The molecule has 0 bridgehead atoms. The van der Waals surface area contributed by atoms with E-state index in [0.29, 0.717) is 34.4 Å². The van der Waals surface area contributed by atoms with Crippen molar-refractivity contribution in [3.8, 4) is 6.07 Å². The number of thioether (sulfide) groups is 2. The van der Waals surface area contributed by atoms with Crippen molar-refractivity contribution in [2.75, 3.05) is 55.3 Å². The molecule has 0 aromatic heterocycles. The first-order valence-corrected chi connectivity index (χ1v) is 16.8. The summed E-state index contributed by atoms with van der Waals surface area (Å²) in [6.45, 7) is 7.50. The summed E-state index contributed by atoms with van der Waals surface area (Å²) < 4.78 is 0. The third-order valence-electron chi connectivity index (χ3n) is 7.99. The monoisotopic (exact) mass is 623 g/mol. The molecule has 0 aliphatic carbocycles. The molecule has 8 nitrogen and oxygen atoms in total. The Bertz CT molecular complexity index is 1630. The second-order valence-corrected chi connectivity index (χ2v) is 13.1. The van der Waals surface area contributed by atoms with Crippen LogP contribution >= 0.6 is 23.5 Å². The number of benzene rings is 3. The lowest BCUT2D eigenvalue weighted by Crippen LogP contribution is -2.33. The molecule has 2 fully saturated rings. The smallest absolute Gasteiger partial charge is 0.269 e. The lowest BCUT2D eigenvalue weighted by atomic mass is 10.1. The number of nitrogens with zero attached hydrogens (tertiary/aromatic N) is 5. The number of amides is 1. The Kier molecular flexibility index (Phi) is 9.45. The Balaban J connectivity index is 1.28. The van der Waals surface area contributed by atoms with E-state index in [-0.39, 0.29) is 5.91 Å². The van der Waals surface area contributed by atoms with Crippen LogP contribution in [0.25, 0.3) is 0 Å². The van der Waals surface area contributed by atoms with Crippen LogP contribution in [0.5, 0.6) is 0 Å². The first kappa shape index (κ1) is 30.1. The summed E-state index contributed by atoms with van der Waals surface area (Å²) >= 11 is 3.03. The lowest BCUT2D eigenvalue weighted by molar-refractivity contribution is -0.122. The second kappa shape index (κ2) is 13.8. The minimum Gasteiger partial charge on any atom is -0.384 e. The Morgan fingerprint density at radius 3 is 2.57 bits per heavy atom. The van der Waals surface area contributed by atoms with Crippen LogP contribution in [0.2, 0.25) is 0 Å². The van der Waals surface area contributed by atoms with Crippen LogP contribution < -0.4 is 15.5 Å². The van der Waals surface area contributed by atoms with Crippen LogP contribution in [0.3, 0.4) is 0 Å². The van der Waals surface area contributed by atoms with Crippen molar-refractivity contribution < 1.29 is 4.79 Å². The van der Waals surface area contributed by atoms with Gasteiger partial charge in [0.2, 0.25) is 0 Å². The van der Waals surface area contributed by atoms with Crippen LogP contribution in [0.1, 0.15) is 37.3 Å². The number of carbonyl (C=O) groups excluding carboxylic acids is 1. The summed E-state index contributed by atoms with van der Waals surface area (Å²) in [5.41, 5.74) is 5.20. The molecule has 10 heteroatoms. The highest BCUT2D eigenvalue weighted by Gasteiger charge is 2.39. The van der Waals surface area contributed by atoms with Crippen molar-refractivity contribution in [3.05, 3.63) is 87.8 Å². The molecule has 0 unspecified atom stereocenters. The number of rotatable bonds is 9. The molecule has 1 amide bonds. The molecule has 0 spiro atoms. The van der Waals surface area contributed by atoms with Gasteiger partial charge in [-0.3, -0.25) is 9.69 Å². The molecule has 2 saturated heterocycles. The molecule has 3 aliphatic heterocycles. The average molecular weight is 624 g/mol. The molecular formula is C34H37N7OS2. The van der Waals surface area contributed by atoms with E-state index in [4.69, 9.17) is 4.99 Å². The van der Waals surface area contributed by atoms with Crippen molar-refractivity contribution in [3.63, 3.8) is 0 Å². The first-order valence-electron chi connectivity index (χ1n) is 15.2. The molecular weight excluding hydrogens is 587 g/mol. The van der Waals surface area contributed by atoms with Crippen LogP contribution in [0.15, 0.2) is 86.6 Å². The zero-order valence-corrected chi connectivity index (χ0v) is 26.8. The number of nitriles is 1. The lowest BCUT2D eigenvalue weighted by Gasteiger charge is -2.26. The fourth-order valence-electron chi connectivity index (χ4n) is 5.66. The molecule has 0 radical (unpaired) electrons. The highest BCUT2D eigenvalue weighted by molar-refractivity contribution is 8.19. The number of fused-ring (bicyclic) bond motifs is 1. The maximum absolute atomic E-state index is 14.1. The van der Waals surface area contributed by atoms with Gasteiger partial charge in [0.1, 0.15) is 4.91 Å². The summed E-state index contributed by atoms with van der Waals surface area (Å²) in [6.07, 6.45) is 3.95.